The van der Waals surface area contributed by atoms with E-state index in [1.807, 2.05) is 6.92 Å². The highest BCUT2D eigenvalue weighted by atomic mass is 32.1. The Kier molecular flexibility index (Phi) is 4.36. The fourth-order valence-electron chi connectivity index (χ4n) is 3.81. The normalized spacial score (nSPS) is 33.7. The molecule has 21 heavy (non-hydrogen) atoms. The second-order valence-corrected chi connectivity index (χ2v) is 8.19. The lowest BCUT2D eigenvalue weighted by atomic mass is 9.82. The van der Waals surface area contributed by atoms with Gasteiger partial charge in [-0.3, -0.25) is 10.1 Å². The molecule has 1 amide bonds. The van der Waals surface area contributed by atoms with Crippen LogP contribution in [-0.4, -0.2) is 23.4 Å². The summed E-state index contributed by atoms with van der Waals surface area (Å²) in [6.45, 7) is 7.38. The van der Waals surface area contributed by atoms with Crippen molar-refractivity contribution in [3.05, 3.63) is 21.9 Å². The third kappa shape index (κ3) is 3.16. The molecule has 2 fully saturated rings. The minimum Gasteiger partial charge on any atom is -0.320 e. The number of nitrogens with one attached hydrogen (secondary N) is 1. The van der Waals surface area contributed by atoms with Crippen LogP contribution >= 0.6 is 11.3 Å². The summed E-state index contributed by atoms with van der Waals surface area (Å²) in [6.07, 6.45) is 5.31. The lowest BCUT2D eigenvalue weighted by Crippen LogP contribution is -2.36. The summed E-state index contributed by atoms with van der Waals surface area (Å²) >= 11 is 1.80. The van der Waals surface area contributed by atoms with Crippen LogP contribution in [0, 0.1) is 18.8 Å². The molecule has 2 heterocycles. The molecule has 0 radical (unpaired) electrons. The molecule has 4 unspecified atom stereocenters. The molecular weight excluding hydrogens is 280 g/mol. The molecule has 1 saturated heterocycles. The summed E-state index contributed by atoms with van der Waals surface area (Å²) < 4.78 is 0. The van der Waals surface area contributed by atoms with Crippen LogP contribution in [0.1, 0.15) is 55.5 Å². The number of hydrogen-bond acceptors (Lipinski definition) is 3. The molecule has 116 valence electrons. The minimum atomic E-state index is -0.0570. The van der Waals surface area contributed by atoms with Crippen LogP contribution in [0.3, 0.4) is 0 Å². The summed E-state index contributed by atoms with van der Waals surface area (Å²) in [7, 11) is 0. The molecule has 0 bridgehead atoms. The van der Waals surface area contributed by atoms with Crippen molar-refractivity contribution in [2.24, 2.45) is 11.8 Å². The van der Waals surface area contributed by atoms with E-state index >= 15 is 0 Å². The van der Waals surface area contributed by atoms with Crippen molar-refractivity contribution in [3.63, 3.8) is 0 Å². The molecule has 3 nitrogen and oxygen atoms in total. The van der Waals surface area contributed by atoms with Crippen molar-refractivity contribution in [1.82, 2.24) is 10.2 Å². The Hall–Kier alpha value is -0.870. The fraction of sp³-hybridized carbons (Fsp3) is 0.706. The van der Waals surface area contributed by atoms with E-state index in [0.717, 1.165) is 12.5 Å². The molecule has 2 aliphatic rings. The average molecular weight is 306 g/mol. The van der Waals surface area contributed by atoms with E-state index in [-0.39, 0.29) is 18.1 Å². The Labute approximate surface area is 131 Å². The summed E-state index contributed by atoms with van der Waals surface area (Å²) in [5.41, 5.74) is 0. The summed E-state index contributed by atoms with van der Waals surface area (Å²) in [4.78, 5) is 17.2. The van der Waals surface area contributed by atoms with Crippen LogP contribution in [0.5, 0.6) is 0 Å². The van der Waals surface area contributed by atoms with E-state index in [1.54, 1.807) is 11.3 Å². The van der Waals surface area contributed by atoms with E-state index in [1.165, 1.54) is 35.4 Å². The molecule has 1 N–H and O–H groups in total. The van der Waals surface area contributed by atoms with Gasteiger partial charge in [0.05, 0.1) is 6.04 Å². The van der Waals surface area contributed by atoms with Gasteiger partial charge in [-0.05, 0) is 50.7 Å². The second kappa shape index (κ2) is 6.09. The van der Waals surface area contributed by atoms with Gasteiger partial charge in [0.15, 0.2) is 0 Å². The van der Waals surface area contributed by atoms with Crippen molar-refractivity contribution in [2.45, 2.75) is 58.7 Å². The first-order chi connectivity index (χ1) is 10.0. The zero-order chi connectivity index (χ0) is 15.0. The first-order valence-corrected chi connectivity index (χ1v) is 8.99. The van der Waals surface area contributed by atoms with Gasteiger partial charge in [-0.1, -0.05) is 19.8 Å². The maximum absolute atomic E-state index is 12.5. The van der Waals surface area contributed by atoms with Crippen molar-refractivity contribution in [1.29, 1.82) is 0 Å². The molecule has 1 aromatic heterocycles. The number of carbonyl (C=O) groups is 1. The largest absolute Gasteiger partial charge is 0.320 e. The third-order valence-corrected chi connectivity index (χ3v) is 5.96. The van der Waals surface area contributed by atoms with Crippen molar-refractivity contribution in [3.8, 4) is 0 Å². The Bertz CT molecular complexity index is 513. The molecule has 1 aliphatic carbocycles. The Morgan fingerprint density at radius 3 is 2.81 bits per heavy atom. The predicted octanol–water partition coefficient (Wildman–Crippen LogP) is 3.70. The molecule has 1 aliphatic heterocycles. The fourth-order valence-corrected chi connectivity index (χ4v) is 4.76. The van der Waals surface area contributed by atoms with E-state index in [4.69, 9.17) is 0 Å². The highest BCUT2D eigenvalue weighted by Crippen LogP contribution is 2.34. The van der Waals surface area contributed by atoms with E-state index in [2.05, 4.69) is 36.2 Å². The molecule has 4 atom stereocenters. The minimum absolute atomic E-state index is 0.0570. The van der Waals surface area contributed by atoms with Crippen LogP contribution in [0.25, 0.3) is 0 Å². The number of thiophene rings is 1. The van der Waals surface area contributed by atoms with Gasteiger partial charge < -0.3 is 4.90 Å². The zero-order valence-electron chi connectivity index (χ0n) is 13.3. The van der Waals surface area contributed by atoms with Gasteiger partial charge in [-0.15, -0.1) is 11.3 Å². The monoisotopic (exact) mass is 306 g/mol. The standard InChI is InChI=1S/C17H26N2OS/c1-11-5-4-6-14(9-11)10-19-16(18-13(3)17(19)20)15-8-7-12(2)21-15/h7-8,11,13-14,16,18H,4-6,9-10H2,1-3H3. The Balaban J connectivity index is 1.75. The van der Waals surface area contributed by atoms with Gasteiger partial charge in [0.2, 0.25) is 5.91 Å². The molecular formula is C17H26N2OS. The molecule has 0 aromatic carbocycles. The van der Waals surface area contributed by atoms with E-state index in [0.29, 0.717) is 5.92 Å². The van der Waals surface area contributed by atoms with Crippen LogP contribution < -0.4 is 5.32 Å². The highest BCUT2D eigenvalue weighted by molar-refractivity contribution is 7.12. The average Bonchev–Trinajstić information content (AvgIpc) is 2.98. The number of carbonyl (C=O) groups excluding carboxylic acids is 1. The number of hydrogen-bond donors (Lipinski definition) is 1. The van der Waals surface area contributed by atoms with Crippen LogP contribution in [0.4, 0.5) is 0 Å². The molecule has 1 saturated carbocycles. The third-order valence-electron chi connectivity index (χ3n) is 4.90. The number of rotatable bonds is 3. The second-order valence-electron chi connectivity index (χ2n) is 6.87. The molecule has 0 spiro atoms. The maximum atomic E-state index is 12.5. The van der Waals surface area contributed by atoms with Crippen molar-refractivity contribution >= 4 is 17.2 Å². The van der Waals surface area contributed by atoms with Gasteiger partial charge in [0, 0.05) is 16.3 Å². The van der Waals surface area contributed by atoms with E-state index in [9.17, 15) is 4.79 Å². The Morgan fingerprint density at radius 1 is 1.33 bits per heavy atom. The Morgan fingerprint density at radius 2 is 2.14 bits per heavy atom. The van der Waals surface area contributed by atoms with Gasteiger partial charge in [0.1, 0.15) is 6.17 Å². The molecule has 3 rings (SSSR count). The van der Waals surface area contributed by atoms with Gasteiger partial charge in [-0.2, -0.15) is 0 Å². The van der Waals surface area contributed by atoms with Crippen molar-refractivity contribution < 1.29 is 4.79 Å². The number of aryl methyl sites for hydroxylation is 1. The summed E-state index contributed by atoms with van der Waals surface area (Å²) in [5.74, 6) is 1.76. The highest BCUT2D eigenvalue weighted by Gasteiger charge is 2.39. The lowest BCUT2D eigenvalue weighted by Gasteiger charge is -2.32. The maximum Gasteiger partial charge on any atom is 0.241 e. The zero-order valence-corrected chi connectivity index (χ0v) is 14.1. The van der Waals surface area contributed by atoms with Crippen LogP contribution in [0.15, 0.2) is 12.1 Å². The smallest absolute Gasteiger partial charge is 0.241 e. The number of amides is 1. The summed E-state index contributed by atoms with van der Waals surface area (Å²) in [5, 5.41) is 3.47. The number of nitrogens with zero attached hydrogens (tertiary/aromatic N) is 1. The van der Waals surface area contributed by atoms with Gasteiger partial charge >= 0.3 is 0 Å². The van der Waals surface area contributed by atoms with Crippen LogP contribution in [0.2, 0.25) is 0 Å². The van der Waals surface area contributed by atoms with Gasteiger partial charge in [-0.25, -0.2) is 0 Å². The molecule has 4 heteroatoms. The SMILES string of the molecule is Cc1ccc(C2NC(C)C(=O)N2CC2CCCC(C)C2)s1. The van der Waals surface area contributed by atoms with Crippen LogP contribution in [-0.2, 0) is 4.79 Å². The first-order valence-electron chi connectivity index (χ1n) is 8.17. The topological polar surface area (TPSA) is 32.3 Å². The summed E-state index contributed by atoms with van der Waals surface area (Å²) in [6, 6.07) is 4.26. The quantitative estimate of drug-likeness (QED) is 0.923. The lowest BCUT2D eigenvalue weighted by molar-refractivity contribution is -0.130. The molecule has 1 aromatic rings. The van der Waals surface area contributed by atoms with Crippen molar-refractivity contribution in [2.75, 3.05) is 6.54 Å². The van der Waals surface area contributed by atoms with E-state index < -0.39 is 0 Å². The first kappa shape index (κ1) is 15.0. The van der Waals surface area contributed by atoms with Gasteiger partial charge in [0.25, 0.3) is 0 Å². The predicted molar refractivity (Wildman–Crippen MR) is 87.2 cm³/mol.